The number of nitrogens with zero attached hydrogens (tertiary/aromatic N) is 4. The van der Waals surface area contributed by atoms with E-state index in [0.717, 1.165) is 35.2 Å². The average Bonchev–Trinajstić information content (AvgIpc) is 3.20. The third kappa shape index (κ3) is 5.73. The van der Waals surface area contributed by atoms with Crippen LogP contribution in [0.5, 0.6) is 0 Å². The van der Waals surface area contributed by atoms with Gasteiger partial charge in [-0.05, 0) is 56.0 Å². The largest absolute Gasteiger partial charge is 0.381 e. The van der Waals surface area contributed by atoms with Crippen molar-refractivity contribution >= 4 is 29.4 Å². The number of aryl methyl sites for hydroxylation is 1. The van der Waals surface area contributed by atoms with Gasteiger partial charge in [-0.1, -0.05) is 23.7 Å². The first-order chi connectivity index (χ1) is 17.9. The van der Waals surface area contributed by atoms with E-state index in [4.69, 9.17) is 16.3 Å². The molecule has 1 atom stereocenters. The second kappa shape index (κ2) is 10.8. The van der Waals surface area contributed by atoms with Crippen molar-refractivity contribution in [1.29, 1.82) is 0 Å². The maximum absolute atomic E-state index is 13.2. The van der Waals surface area contributed by atoms with E-state index in [1.807, 2.05) is 38.1 Å². The third-order valence-electron chi connectivity index (χ3n) is 6.69. The van der Waals surface area contributed by atoms with Gasteiger partial charge in [-0.2, -0.15) is 0 Å². The van der Waals surface area contributed by atoms with Crippen molar-refractivity contribution in [2.75, 3.05) is 25.1 Å². The number of halogens is 1. The molecule has 0 spiro atoms. The molecule has 1 fully saturated rings. The molecule has 1 unspecified atom stereocenters. The minimum Gasteiger partial charge on any atom is -0.381 e. The molecule has 1 saturated heterocycles. The van der Waals surface area contributed by atoms with Crippen LogP contribution in [0.1, 0.15) is 53.0 Å². The van der Waals surface area contributed by atoms with Crippen molar-refractivity contribution in [3.05, 3.63) is 70.1 Å². The van der Waals surface area contributed by atoms with Crippen LogP contribution in [-0.4, -0.2) is 57.5 Å². The molecular formula is C27H29ClN6O3. The molecular weight excluding hydrogens is 492 g/mol. The van der Waals surface area contributed by atoms with Crippen LogP contribution in [0.2, 0.25) is 5.02 Å². The Labute approximate surface area is 220 Å². The number of nitrogens with one attached hydrogen (secondary N) is 2. The molecule has 9 nitrogen and oxygen atoms in total. The number of hydrogen-bond donors (Lipinski definition) is 2. The first-order valence-electron chi connectivity index (χ1n) is 12.4. The lowest BCUT2D eigenvalue weighted by molar-refractivity contribution is -0.122. The fraction of sp³-hybridized carbons (Fsp3) is 0.370. The number of anilines is 1. The summed E-state index contributed by atoms with van der Waals surface area (Å²) in [4.78, 5) is 40.6. The van der Waals surface area contributed by atoms with E-state index in [1.165, 1.54) is 0 Å². The monoisotopic (exact) mass is 520 g/mol. The highest BCUT2D eigenvalue weighted by atomic mass is 35.5. The molecule has 2 amide bonds. The van der Waals surface area contributed by atoms with E-state index in [0.29, 0.717) is 42.0 Å². The van der Waals surface area contributed by atoms with Gasteiger partial charge < -0.3 is 20.3 Å². The van der Waals surface area contributed by atoms with Crippen molar-refractivity contribution in [2.24, 2.45) is 0 Å². The van der Waals surface area contributed by atoms with Crippen LogP contribution in [-0.2, 0) is 16.1 Å². The van der Waals surface area contributed by atoms with Gasteiger partial charge >= 0.3 is 0 Å². The molecule has 0 bridgehead atoms. The second-order valence-corrected chi connectivity index (χ2v) is 9.88. The van der Waals surface area contributed by atoms with Gasteiger partial charge in [-0.15, -0.1) is 0 Å². The number of fused-ring (bicyclic) bond motifs is 1. The maximum Gasteiger partial charge on any atom is 0.254 e. The Bertz CT molecular complexity index is 1330. The van der Waals surface area contributed by atoms with Gasteiger partial charge in [0.1, 0.15) is 6.54 Å². The minimum atomic E-state index is -0.217. The van der Waals surface area contributed by atoms with Crippen molar-refractivity contribution < 1.29 is 14.3 Å². The van der Waals surface area contributed by atoms with E-state index in [2.05, 4.69) is 25.6 Å². The van der Waals surface area contributed by atoms with Gasteiger partial charge in [0.05, 0.1) is 23.0 Å². The molecule has 0 radical (unpaired) electrons. The van der Waals surface area contributed by atoms with E-state index < -0.39 is 0 Å². The molecule has 0 saturated carbocycles. The van der Waals surface area contributed by atoms with Crippen molar-refractivity contribution in [1.82, 2.24) is 25.2 Å². The molecule has 37 heavy (non-hydrogen) atoms. The lowest BCUT2D eigenvalue weighted by Gasteiger charge is -2.23. The normalized spacial score (nSPS) is 16.4. The van der Waals surface area contributed by atoms with Crippen LogP contribution in [0, 0.1) is 6.92 Å². The third-order valence-corrected chi connectivity index (χ3v) is 6.97. The Morgan fingerprint density at radius 2 is 2.03 bits per heavy atom. The zero-order chi connectivity index (χ0) is 25.9. The summed E-state index contributed by atoms with van der Waals surface area (Å²) in [5.41, 5.74) is 4.55. The van der Waals surface area contributed by atoms with Crippen molar-refractivity contribution in [3.63, 3.8) is 0 Å². The average molecular weight is 521 g/mol. The molecule has 0 aliphatic carbocycles. The van der Waals surface area contributed by atoms with Gasteiger partial charge in [0, 0.05) is 48.8 Å². The highest BCUT2D eigenvalue weighted by Crippen LogP contribution is 2.31. The van der Waals surface area contributed by atoms with E-state index in [-0.39, 0.29) is 30.4 Å². The number of carbonyl (C=O) groups is 2. The summed E-state index contributed by atoms with van der Waals surface area (Å²) in [6, 6.07) is 9.46. The summed E-state index contributed by atoms with van der Waals surface area (Å²) in [5.74, 6) is 0.0890. The van der Waals surface area contributed by atoms with Gasteiger partial charge in [0.25, 0.3) is 5.91 Å². The van der Waals surface area contributed by atoms with Crippen LogP contribution in [0.25, 0.3) is 11.3 Å². The Hall–Kier alpha value is -3.56. The smallest absolute Gasteiger partial charge is 0.254 e. The van der Waals surface area contributed by atoms with Crippen LogP contribution in [0.15, 0.2) is 42.7 Å². The van der Waals surface area contributed by atoms with E-state index in [9.17, 15) is 9.59 Å². The van der Waals surface area contributed by atoms with Crippen molar-refractivity contribution in [2.45, 2.75) is 45.3 Å². The lowest BCUT2D eigenvalue weighted by atomic mass is 10.0. The minimum absolute atomic E-state index is 0.0231. The molecule has 2 aliphatic heterocycles. The SMILES string of the molecule is Cc1cc(C(C)NC(=O)CN2Cc3ccc(-c4nc(NC5CCOCC5)ncc4Cl)cc3C2=O)ccn1. The van der Waals surface area contributed by atoms with E-state index in [1.54, 1.807) is 23.4 Å². The van der Waals surface area contributed by atoms with Crippen LogP contribution >= 0.6 is 11.6 Å². The molecule has 2 N–H and O–H groups in total. The first-order valence-corrected chi connectivity index (χ1v) is 12.8. The molecule has 3 aromatic rings. The summed E-state index contributed by atoms with van der Waals surface area (Å²) in [6.07, 6.45) is 5.07. The summed E-state index contributed by atoms with van der Waals surface area (Å²) < 4.78 is 5.41. The highest BCUT2D eigenvalue weighted by molar-refractivity contribution is 6.33. The standard InChI is InChI=1S/C27H29ClN6O3/c1-16-11-18(5-8-29-16)17(2)31-24(35)15-34-14-20-4-3-19(12-22(20)26(34)36)25-23(28)13-30-27(33-25)32-21-6-9-37-10-7-21/h3-5,8,11-13,17,21H,6-7,9-10,14-15H2,1-2H3,(H,31,35)(H,30,32,33). The fourth-order valence-corrected chi connectivity index (χ4v) is 4.88. The van der Waals surface area contributed by atoms with Gasteiger partial charge in [-0.3, -0.25) is 14.6 Å². The summed E-state index contributed by atoms with van der Waals surface area (Å²) in [5, 5.41) is 6.73. The molecule has 10 heteroatoms. The molecule has 2 aliphatic rings. The Morgan fingerprint density at radius 1 is 1.22 bits per heavy atom. The number of carbonyl (C=O) groups excluding carboxylic acids is 2. The fourth-order valence-electron chi connectivity index (χ4n) is 4.68. The Morgan fingerprint density at radius 3 is 2.81 bits per heavy atom. The van der Waals surface area contributed by atoms with Gasteiger partial charge in [-0.25, -0.2) is 9.97 Å². The van der Waals surface area contributed by atoms with E-state index >= 15 is 0 Å². The number of aromatic nitrogens is 3. The van der Waals surface area contributed by atoms with Crippen molar-refractivity contribution in [3.8, 4) is 11.3 Å². The number of amides is 2. The summed E-state index contributed by atoms with van der Waals surface area (Å²) in [6.45, 7) is 5.59. The summed E-state index contributed by atoms with van der Waals surface area (Å²) in [7, 11) is 0. The van der Waals surface area contributed by atoms with Crippen LogP contribution in [0.4, 0.5) is 5.95 Å². The first kappa shape index (κ1) is 25.1. The molecule has 5 rings (SSSR count). The molecule has 2 aromatic heterocycles. The zero-order valence-electron chi connectivity index (χ0n) is 20.8. The zero-order valence-corrected chi connectivity index (χ0v) is 21.6. The number of benzene rings is 1. The number of ether oxygens (including phenoxy) is 1. The van der Waals surface area contributed by atoms with Gasteiger partial charge in [0.2, 0.25) is 11.9 Å². The maximum atomic E-state index is 13.2. The molecule has 192 valence electrons. The Balaban J connectivity index is 1.27. The van der Waals surface area contributed by atoms with Gasteiger partial charge in [0.15, 0.2) is 0 Å². The predicted molar refractivity (Wildman–Crippen MR) is 140 cm³/mol. The topological polar surface area (TPSA) is 109 Å². The van der Waals surface area contributed by atoms with Crippen LogP contribution in [0.3, 0.4) is 0 Å². The number of pyridine rings is 1. The highest BCUT2D eigenvalue weighted by Gasteiger charge is 2.30. The Kier molecular flexibility index (Phi) is 7.34. The summed E-state index contributed by atoms with van der Waals surface area (Å²) >= 11 is 6.44. The second-order valence-electron chi connectivity index (χ2n) is 9.47. The number of rotatable bonds is 7. The predicted octanol–water partition coefficient (Wildman–Crippen LogP) is 3.92. The quantitative estimate of drug-likeness (QED) is 0.486. The van der Waals surface area contributed by atoms with Crippen LogP contribution < -0.4 is 10.6 Å². The molecule has 4 heterocycles. The number of hydrogen-bond acceptors (Lipinski definition) is 7. The molecule has 1 aromatic carbocycles. The lowest BCUT2D eigenvalue weighted by Crippen LogP contribution is -2.38.